The maximum absolute atomic E-state index is 13.5. The first-order chi connectivity index (χ1) is 27.5. The van der Waals surface area contributed by atoms with Crippen LogP contribution in [0.4, 0.5) is 20.2 Å². The van der Waals surface area contributed by atoms with Gasteiger partial charge in [-0.15, -0.1) is 0 Å². The Bertz CT molecular complexity index is 2270. The maximum atomic E-state index is 13.5. The first-order valence-corrected chi connectivity index (χ1v) is 18.8. The van der Waals surface area contributed by atoms with Crippen LogP contribution in [0.1, 0.15) is 61.3 Å². The Morgan fingerprint density at radius 3 is 1.41 bits per heavy atom. The lowest BCUT2D eigenvalue weighted by Gasteiger charge is -2.23. The minimum atomic E-state index is -0.992. The number of pyridine rings is 2. The molecule has 0 saturated heterocycles. The second kappa shape index (κ2) is 17.3. The van der Waals surface area contributed by atoms with Gasteiger partial charge in [-0.05, 0) is 59.4 Å². The number of benzene rings is 2. The molecule has 6 rings (SSSR count). The fraction of sp³-hybridized carbons (Fsp3) is 0.364. The summed E-state index contributed by atoms with van der Waals surface area (Å²) in [6.07, 6.45) is 0.533. The third-order valence-electron chi connectivity index (χ3n) is 10.2. The summed E-state index contributed by atoms with van der Waals surface area (Å²) >= 11 is 0. The SMILES string of the molecule is CC1(C)CN(C(=O)[C@@H](N)COCC#CC#CCOC[C@H](N)C(=O)N2CC(C)(C)c3[nH]c(=O)c(Cc4ccc(F)cc4)cc32)c2cc(Cc3ccc(F)cc3)c(=O)[nH]c21. The molecule has 0 saturated carbocycles. The van der Waals surface area contributed by atoms with Crippen molar-refractivity contribution in [1.29, 1.82) is 0 Å². The van der Waals surface area contributed by atoms with Crippen LogP contribution in [0.5, 0.6) is 0 Å². The fourth-order valence-corrected chi connectivity index (χ4v) is 7.18. The normalized spacial score (nSPS) is 15.7. The molecular weight excluding hydrogens is 747 g/mol. The third kappa shape index (κ3) is 9.44. The molecule has 58 heavy (non-hydrogen) atoms. The lowest BCUT2D eigenvalue weighted by atomic mass is 9.91. The van der Waals surface area contributed by atoms with E-state index in [1.807, 2.05) is 27.7 Å². The number of anilines is 2. The Balaban J connectivity index is 0.959. The molecule has 0 unspecified atom stereocenters. The van der Waals surface area contributed by atoms with Crippen LogP contribution in [-0.4, -0.2) is 73.4 Å². The number of amides is 2. The van der Waals surface area contributed by atoms with E-state index in [1.165, 1.54) is 24.3 Å². The highest BCUT2D eigenvalue weighted by molar-refractivity contribution is 6.00. The van der Waals surface area contributed by atoms with Gasteiger partial charge in [-0.1, -0.05) is 63.8 Å². The van der Waals surface area contributed by atoms with Crippen molar-refractivity contribution >= 4 is 23.2 Å². The Kier molecular flexibility index (Phi) is 12.4. The lowest BCUT2D eigenvalue weighted by molar-refractivity contribution is -0.121. The van der Waals surface area contributed by atoms with Crippen molar-refractivity contribution in [2.75, 3.05) is 49.3 Å². The molecule has 302 valence electrons. The van der Waals surface area contributed by atoms with Gasteiger partial charge in [0.25, 0.3) is 11.1 Å². The number of nitrogens with two attached hydrogens (primary N) is 2. The zero-order valence-corrected chi connectivity index (χ0v) is 32.8. The number of ether oxygens (including phenoxy) is 2. The molecule has 2 atom stereocenters. The molecule has 0 aliphatic carbocycles. The molecule has 2 aliphatic heterocycles. The highest BCUT2D eigenvalue weighted by Crippen LogP contribution is 2.40. The van der Waals surface area contributed by atoms with Crippen molar-refractivity contribution < 1.29 is 27.8 Å². The maximum Gasteiger partial charge on any atom is 0.251 e. The molecule has 0 radical (unpaired) electrons. The average molecular weight is 793 g/mol. The molecule has 12 nitrogen and oxygen atoms in total. The van der Waals surface area contributed by atoms with E-state index in [4.69, 9.17) is 20.9 Å². The van der Waals surface area contributed by atoms with Crippen LogP contribution in [0.3, 0.4) is 0 Å². The number of carbonyl (C=O) groups excluding carboxylic acids is 2. The van der Waals surface area contributed by atoms with E-state index in [9.17, 15) is 28.0 Å². The molecule has 14 heteroatoms. The molecule has 0 fully saturated rings. The highest BCUT2D eigenvalue weighted by Gasteiger charge is 2.42. The van der Waals surface area contributed by atoms with Gasteiger partial charge in [-0.3, -0.25) is 19.2 Å². The zero-order valence-electron chi connectivity index (χ0n) is 32.8. The number of carbonyl (C=O) groups is 2. The minimum absolute atomic E-state index is 0.0301. The summed E-state index contributed by atoms with van der Waals surface area (Å²) in [5.74, 6) is 9.31. The predicted molar refractivity (Wildman–Crippen MR) is 216 cm³/mol. The van der Waals surface area contributed by atoms with Crippen LogP contribution in [0, 0.1) is 35.3 Å². The van der Waals surface area contributed by atoms with Gasteiger partial charge < -0.3 is 40.7 Å². The molecule has 2 aromatic carbocycles. The first-order valence-electron chi connectivity index (χ1n) is 18.8. The van der Waals surface area contributed by atoms with Gasteiger partial charge in [0.2, 0.25) is 11.8 Å². The van der Waals surface area contributed by atoms with E-state index in [-0.39, 0.29) is 73.8 Å². The highest BCUT2D eigenvalue weighted by atomic mass is 19.1. The Morgan fingerprint density at radius 1 is 0.690 bits per heavy atom. The van der Waals surface area contributed by atoms with Crippen LogP contribution in [0.2, 0.25) is 0 Å². The predicted octanol–water partition coefficient (Wildman–Crippen LogP) is 3.17. The largest absolute Gasteiger partial charge is 0.367 e. The van der Waals surface area contributed by atoms with E-state index < -0.39 is 22.9 Å². The summed E-state index contributed by atoms with van der Waals surface area (Å²) < 4.78 is 37.9. The van der Waals surface area contributed by atoms with Gasteiger partial charge in [-0.25, -0.2) is 8.78 Å². The number of fused-ring (bicyclic) bond motifs is 2. The van der Waals surface area contributed by atoms with E-state index >= 15 is 0 Å². The number of halogens is 2. The van der Waals surface area contributed by atoms with Gasteiger partial charge in [0.05, 0.1) is 24.6 Å². The minimum Gasteiger partial charge on any atom is -0.367 e. The van der Waals surface area contributed by atoms with Crippen molar-refractivity contribution in [3.63, 3.8) is 0 Å². The Morgan fingerprint density at radius 2 is 1.05 bits per heavy atom. The smallest absolute Gasteiger partial charge is 0.251 e. The van der Waals surface area contributed by atoms with Crippen molar-refractivity contribution in [2.45, 2.75) is 63.5 Å². The number of aromatic amines is 2. The number of nitrogens with one attached hydrogen (secondary N) is 2. The summed E-state index contributed by atoms with van der Waals surface area (Å²) in [4.78, 5) is 61.8. The van der Waals surface area contributed by atoms with Crippen LogP contribution in [0.25, 0.3) is 0 Å². The van der Waals surface area contributed by atoms with E-state index in [2.05, 4.69) is 33.6 Å². The summed E-state index contributed by atoms with van der Waals surface area (Å²) in [6.45, 7) is 8.09. The number of hydrogen-bond donors (Lipinski definition) is 4. The second-order valence-electron chi connectivity index (χ2n) is 15.8. The van der Waals surface area contributed by atoms with Gasteiger partial charge in [-0.2, -0.15) is 0 Å². The van der Waals surface area contributed by atoms with Crippen LogP contribution in [0.15, 0.2) is 70.3 Å². The molecule has 2 aliphatic rings. The average Bonchev–Trinajstić information content (AvgIpc) is 3.60. The summed E-state index contributed by atoms with van der Waals surface area (Å²) in [5.41, 5.74) is 15.7. The molecule has 2 aromatic heterocycles. The number of hydrogen-bond acceptors (Lipinski definition) is 8. The lowest BCUT2D eigenvalue weighted by Crippen LogP contribution is -2.47. The summed E-state index contributed by atoms with van der Waals surface area (Å²) in [7, 11) is 0. The molecule has 0 spiro atoms. The summed E-state index contributed by atoms with van der Waals surface area (Å²) in [5, 5.41) is 0. The third-order valence-corrected chi connectivity index (χ3v) is 10.2. The van der Waals surface area contributed by atoms with Crippen molar-refractivity contribution in [1.82, 2.24) is 9.97 Å². The van der Waals surface area contributed by atoms with E-state index in [0.717, 1.165) is 11.1 Å². The quantitative estimate of drug-likeness (QED) is 0.125. The number of aromatic nitrogens is 2. The molecule has 2 amide bonds. The Hall–Kier alpha value is -5.90. The van der Waals surface area contributed by atoms with E-state index in [0.29, 0.717) is 47.0 Å². The van der Waals surface area contributed by atoms with Crippen LogP contribution < -0.4 is 32.4 Å². The topological polar surface area (TPSA) is 177 Å². The van der Waals surface area contributed by atoms with Gasteiger partial charge in [0, 0.05) is 59.3 Å². The summed E-state index contributed by atoms with van der Waals surface area (Å²) in [6, 6.07) is 13.2. The molecule has 4 aromatic rings. The van der Waals surface area contributed by atoms with Crippen LogP contribution >= 0.6 is 0 Å². The zero-order chi connectivity index (χ0) is 41.8. The number of nitrogens with zero attached hydrogens (tertiary/aromatic N) is 2. The number of H-pyrrole nitrogens is 2. The van der Waals surface area contributed by atoms with Crippen LogP contribution in [-0.2, 0) is 42.7 Å². The van der Waals surface area contributed by atoms with Gasteiger partial charge in [0.1, 0.15) is 36.9 Å². The fourth-order valence-electron chi connectivity index (χ4n) is 7.18. The van der Waals surface area contributed by atoms with Crippen molar-refractivity contribution in [2.24, 2.45) is 11.5 Å². The van der Waals surface area contributed by atoms with Crippen molar-refractivity contribution in [3.05, 3.63) is 127 Å². The molecule has 0 bridgehead atoms. The van der Waals surface area contributed by atoms with Gasteiger partial charge in [0.15, 0.2) is 0 Å². The van der Waals surface area contributed by atoms with Crippen molar-refractivity contribution in [3.8, 4) is 23.7 Å². The number of rotatable bonds is 12. The molecule has 4 heterocycles. The monoisotopic (exact) mass is 792 g/mol. The van der Waals surface area contributed by atoms with E-state index in [1.54, 1.807) is 46.2 Å². The Labute approximate surface area is 334 Å². The standard InChI is InChI=1S/C44H46F2N6O6/c1-43(2)25-51(35-21-29(39(53)49-37(35)43)19-27-9-13-31(45)14-10-27)41(55)33(47)23-57-17-7-5-6-8-18-58-24-34(48)42(56)52-26-44(3,4)38-36(52)22-30(40(54)50-38)20-28-11-15-32(46)16-12-28/h9-16,21-22,33-34H,17-20,23-26,47-48H2,1-4H3,(H,49,53)(H,50,54)/t33-,34-/m0/s1. The molecular formula is C44H46F2N6O6. The van der Waals surface area contributed by atoms with Gasteiger partial charge >= 0.3 is 0 Å². The molecule has 6 N–H and O–H groups in total. The first kappa shape index (κ1) is 41.7. The second-order valence-corrected chi connectivity index (χ2v) is 15.8.